The Hall–Kier alpha value is -2.53. The van der Waals surface area contributed by atoms with Gasteiger partial charge in [0.05, 0.1) is 6.54 Å². The number of rotatable bonds is 7. The molecule has 0 radical (unpaired) electrons. The number of nitrogens with one attached hydrogen (secondary N) is 1. The average Bonchev–Trinajstić information content (AvgIpc) is 2.72. The second-order valence-electron chi connectivity index (χ2n) is 7.32. The molecule has 1 amide bonds. The van der Waals surface area contributed by atoms with Crippen LogP contribution in [0.3, 0.4) is 0 Å². The van der Waals surface area contributed by atoms with E-state index in [9.17, 15) is 4.79 Å². The summed E-state index contributed by atoms with van der Waals surface area (Å²) in [5.41, 5.74) is 4.48. The summed E-state index contributed by atoms with van der Waals surface area (Å²) in [4.78, 5) is 19.5. The van der Waals surface area contributed by atoms with Gasteiger partial charge in [-0.15, -0.1) is 0 Å². The molecule has 150 valence electrons. The largest absolute Gasteiger partial charge is 0.372 e. The average molecular weight is 381 g/mol. The van der Waals surface area contributed by atoms with Crippen LogP contribution in [0.5, 0.6) is 0 Å². The van der Waals surface area contributed by atoms with Gasteiger partial charge in [-0.05, 0) is 56.7 Å². The first-order valence-corrected chi connectivity index (χ1v) is 10.3. The van der Waals surface area contributed by atoms with Crippen LogP contribution < -0.4 is 15.1 Å². The number of benzene rings is 2. The van der Waals surface area contributed by atoms with Gasteiger partial charge in [-0.2, -0.15) is 0 Å². The predicted molar refractivity (Wildman–Crippen MR) is 118 cm³/mol. The van der Waals surface area contributed by atoms with Crippen molar-refractivity contribution in [3.63, 3.8) is 0 Å². The Morgan fingerprint density at radius 3 is 2.29 bits per heavy atom. The minimum absolute atomic E-state index is 0.0619. The summed E-state index contributed by atoms with van der Waals surface area (Å²) in [6.45, 7) is 12.5. The van der Waals surface area contributed by atoms with Crippen LogP contribution in [0.15, 0.2) is 48.5 Å². The van der Waals surface area contributed by atoms with Crippen LogP contribution in [0.25, 0.3) is 0 Å². The van der Waals surface area contributed by atoms with Gasteiger partial charge in [0.1, 0.15) is 0 Å². The van der Waals surface area contributed by atoms with Crippen molar-refractivity contribution in [2.45, 2.75) is 20.8 Å². The summed E-state index contributed by atoms with van der Waals surface area (Å²) in [7, 11) is 0. The number of aryl methyl sites for hydroxylation is 1. The summed E-state index contributed by atoms with van der Waals surface area (Å²) in [5.74, 6) is 0.0619. The molecule has 0 unspecified atom stereocenters. The predicted octanol–water partition coefficient (Wildman–Crippen LogP) is 3.60. The lowest BCUT2D eigenvalue weighted by atomic mass is 10.1. The van der Waals surface area contributed by atoms with Crippen molar-refractivity contribution in [1.82, 2.24) is 4.90 Å². The fraction of sp³-hybridized carbons (Fsp3) is 0.435. The molecule has 0 aliphatic carbocycles. The smallest absolute Gasteiger partial charge is 0.238 e. The van der Waals surface area contributed by atoms with E-state index in [0.717, 1.165) is 50.5 Å². The van der Waals surface area contributed by atoms with Gasteiger partial charge >= 0.3 is 0 Å². The lowest BCUT2D eigenvalue weighted by Crippen LogP contribution is -2.48. The molecule has 1 N–H and O–H groups in total. The van der Waals surface area contributed by atoms with Gasteiger partial charge in [0.15, 0.2) is 0 Å². The third kappa shape index (κ3) is 5.04. The van der Waals surface area contributed by atoms with E-state index < -0.39 is 0 Å². The highest BCUT2D eigenvalue weighted by molar-refractivity contribution is 5.93. The zero-order valence-electron chi connectivity index (χ0n) is 17.3. The Morgan fingerprint density at radius 1 is 1.00 bits per heavy atom. The van der Waals surface area contributed by atoms with Crippen molar-refractivity contribution < 1.29 is 4.79 Å². The minimum atomic E-state index is 0.0619. The fourth-order valence-corrected chi connectivity index (χ4v) is 3.77. The maximum Gasteiger partial charge on any atom is 0.238 e. The third-order valence-electron chi connectivity index (χ3n) is 5.47. The van der Waals surface area contributed by atoms with E-state index in [4.69, 9.17) is 0 Å². The molecule has 2 aromatic carbocycles. The number of amides is 1. The van der Waals surface area contributed by atoms with E-state index in [0.29, 0.717) is 6.54 Å². The highest BCUT2D eigenvalue weighted by Crippen LogP contribution is 2.23. The minimum Gasteiger partial charge on any atom is -0.372 e. The van der Waals surface area contributed by atoms with E-state index in [2.05, 4.69) is 77.2 Å². The zero-order chi connectivity index (χ0) is 19.9. The number of carbonyl (C=O) groups is 1. The van der Waals surface area contributed by atoms with Gasteiger partial charge in [-0.3, -0.25) is 9.69 Å². The van der Waals surface area contributed by atoms with E-state index in [1.165, 1.54) is 11.4 Å². The molecular weight excluding hydrogens is 348 g/mol. The van der Waals surface area contributed by atoms with Gasteiger partial charge in [0.25, 0.3) is 0 Å². The van der Waals surface area contributed by atoms with Crippen molar-refractivity contribution in [2.75, 3.05) is 60.9 Å². The Kier molecular flexibility index (Phi) is 6.93. The van der Waals surface area contributed by atoms with Crippen molar-refractivity contribution in [1.29, 1.82) is 0 Å². The van der Waals surface area contributed by atoms with Crippen LogP contribution in [0.4, 0.5) is 17.1 Å². The summed E-state index contributed by atoms with van der Waals surface area (Å²) < 4.78 is 0. The fourth-order valence-electron chi connectivity index (χ4n) is 3.77. The molecular formula is C23H32N4O. The molecule has 1 aliphatic heterocycles. The first-order chi connectivity index (χ1) is 13.6. The van der Waals surface area contributed by atoms with Crippen molar-refractivity contribution in [3.8, 4) is 0 Å². The molecule has 1 heterocycles. The molecule has 28 heavy (non-hydrogen) atoms. The first-order valence-electron chi connectivity index (χ1n) is 10.3. The van der Waals surface area contributed by atoms with Gasteiger partial charge in [0.2, 0.25) is 5.91 Å². The number of carbonyl (C=O) groups excluding carboxylic acids is 1. The lowest BCUT2D eigenvalue weighted by molar-refractivity contribution is -0.117. The molecule has 1 saturated heterocycles. The summed E-state index contributed by atoms with van der Waals surface area (Å²) in [6, 6.07) is 16.7. The number of hydrogen-bond acceptors (Lipinski definition) is 4. The zero-order valence-corrected chi connectivity index (χ0v) is 17.3. The van der Waals surface area contributed by atoms with Crippen LogP contribution in [0, 0.1) is 6.92 Å². The summed E-state index contributed by atoms with van der Waals surface area (Å²) in [5, 5.41) is 3.09. The summed E-state index contributed by atoms with van der Waals surface area (Å²) in [6.07, 6.45) is 0. The molecule has 0 bridgehead atoms. The Balaban J connectivity index is 1.51. The van der Waals surface area contributed by atoms with E-state index in [1.54, 1.807) is 0 Å². The van der Waals surface area contributed by atoms with E-state index in [-0.39, 0.29) is 5.91 Å². The third-order valence-corrected chi connectivity index (χ3v) is 5.47. The maximum atomic E-state index is 12.5. The Morgan fingerprint density at radius 2 is 1.68 bits per heavy atom. The second-order valence-corrected chi connectivity index (χ2v) is 7.32. The maximum absolute atomic E-state index is 12.5. The molecule has 5 nitrogen and oxygen atoms in total. The van der Waals surface area contributed by atoms with Gasteiger partial charge in [-0.1, -0.05) is 18.2 Å². The van der Waals surface area contributed by atoms with E-state index in [1.807, 2.05) is 12.1 Å². The van der Waals surface area contributed by atoms with Crippen LogP contribution >= 0.6 is 0 Å². The van der Waals surface area contributed by atoms with Crippen LogP contribution in [0.2, 0.25) is 0 Å². The SMILES string of the molecule is CCN(CC)c1ccc(NC(=O)CN2CCN(c3ccccc3)CC2)c(C)c1. The standard InChI is InChI=1S/C23H32N4O/c1-4-26(5-2)21-11-12-22(19(3)17-21)24-23(28)18-25-13-15-27(16-14-25)20-9-7-6-8-10-20/h6-12,17H,4-5,13-16,18H2,1-3H3,(H,24,28). The molecule has 0 aromatic heterocycles. The Labute approximate surface area is 168 Å². The molecule has 0 spiro atoms. The number of piperazine rings is 1. The second kappa shape index (κ2) is 9.60. The molecule has 1 aliphatic rings. The summed E-state index contributed by atoms with van der Waals surface area (Å²) >= 11 is 0. The Bertz CT molecular complexity index is 765. The number of nitrogens with zero attached hydrogens (tertiary/aromatic N) is 3. The van der Waals surface area contributed by atoms with Crippen LogP contribution in [-0.4, -0.2) is 56.6 Å². The molecule has 1 fully saturated rings. The number of hydrogen-bond donors (Lipinski definition) is 1. The normalized spacial score (nSPS) is 14.8. The van der Waals surface area contributed by atoms with Crippen LogP contribution in [-0.2, 0) is 4.79 Å². The molecule has 2 aromatic rings. The number of anilines is 3. The van der Waals surface area contributed by atoms with Gasteiger partial charge in [-0.25, -0.2) is 0 Å². The van der Waals surface area contributed by atoms with Crippen molar-refractivity contribution >= 4 is 23.0 Å². The number of para-hydroxylation sites is 1. The lowest BCUT2D eigenvalue weighted by Gasteiger charge is -2.35. The molecule has 0 atom stereocenters. The monoisotopic (exact) mass is 380 g/mol. The van der Waals surface area contributed by atoms with Gasteiger partial charge in [0, 0.05) is 56.3 Å². The van der Waals surface area contributed by atoms with E-state index >= 15 is 0 Å². The topological polar surface area (TPSA) is 38.8 Å². The van der Waals surface area contributed by atoms with Crippen LogP contribution in [0.1, 0.15) is 19.4 Å². The highest BCUT2D eigenvalue weighted by atomic mass is 16.2. The quantitative estimate of drug-likeness (QED) is 0.797. The van der Waals surface area contributed by atoms with Gasteiger partial charge < -0.3 is 15.1 Å². The molecule has 3 rings (SSSR count). The van der Waals surface area contributed by atoms with Crippen molar-refractivity contribution in [3.05, 3.63) is 54.1 Å². The molecule has 0 saturated carbocycles. The molecule has 5 heteroatoms. The highest BCUT2D eigenvalue weighted by Gasteiger charge is 2.19. The first kappa shape index (κ1) is 20.2. The van der Waals surface area contributed by atoms with Crippen molar-refractivity contribution in [2.24, 2.45) is 0 Å².